The predicted molar refractivity (Wildman–Crippen MR) is 107 cm³/mol. The van der Waals surface area contributed by atoms with Crippen molar-refractivity contribution in [3.63, 3.8) is 0 Å². The summed E-state index contributed by atoms with van der Waals surface area (Å²) in [6.07, 6.45) is 7.55. The molecule has 25 heavy (non-hydrogen) atoms. The zero-order valence-electron chi connectivity index (χ0n) is 14.1. The zero-order chi connectivity index (χ0) is 17.4. The Bertz CT molecular complexity index is 808. The third-order valence-electron chi connectivity index (χ3n) is 5.51. The first-order valence-electron chi connectivity index (χ1n) is 8.94. The van der Waals surface area contributed by atoms with E-state index in [-0.39, 0.29) is 11.9 Å². The van der Waals surface area contributed by atoms with Crippen LogP contribution < -0.4 is 10.2 Å². The number of benzene rings is 1. The number of rotatable bonds is 3. The van der Waals surface area contributed by atoms with Crippen LogP contribution in [-0.2, 0) is 4.79 Å². The first-order chi connectivity index (χ1) is 12.2. The minimum atomic E-state index is -0.320. The van der Waals surface area contributed by atoms with Crippen LogP contribution in [0, 0.1) is 5.92 Å². The maximum atomic E-state index is 12.2. The lowest BCUT2D eigenvalue weighted by molar-refractivity contribution is -0.120. The number of nitrogens with zero attached hydrogens (tertiary/aromatic N) is 2. The number of hydrogen-bond acceptors (Lipinski definition) is 2. The second-order valence-electron chi connectivity index (χ2n) is 7.02. The van der Waals surface area contributed by atoms with Gasteiger partial charge >= 0.3 is 6.03 Å². The Morgan fingerprint density at radius 2 is 1.92 bits per heavy atom. The van der Waals surface area contributed by atoms with Crippen molar-refractivity contribution in [2.45, 2.75) is 38.1 Å². The van der Waals surface area contributed by atoms with E-state index in [0.717, 1.165) is 17.0 Å². The van der Waals surface area contributed by atoms with Crippen LogP contribution >= 0.6 is 22.6 Å². The van der Waals surface area contributed by atoms with Crippen molar-refractivity contribution < 1.29 is 9.59 Å². The molecule has 2 aliphatic rings. The molecule has 1 aliphatic heterocycles. The van der Waals surface area contributed by atoms with Gasteiger partial charge in [0.25, 0.3) is 0 Å². The molecule has 0 atom stereocenters. The molecule has 1 aromatic heterocycles. The van der Waals surface area contributed by atoms with Crippen molar-refractivity contribution >= 4 is 51.1 Å². The number of nitrogens with one attached hydrogen (secondary N) is 1. The molecule has 2 fully saturated rings. The number of anilines is 1. The minimum absolute atomic E-state index is 0.196. The predicted octanol–water partition coefficient (Wildman–Crippen LogP) is 4.25. The van der Waals surface area contributed by atoms with E-state index >= 15 is 0 Å². The normalized spacial score (nSPS) is 24.6. The van der Waals surface area contributed by atoms with Crippen LogP contribution in [0.25, 0.3) is 10.9 Å². The molecule has 5 nitrogen and oxygen atoms in total. The summed E-state index contributed by atoms with van der Waals surface area (Å²) in [4.78, 5) is 25.3. The summed E-state index contributed by atoms with van der Waals surface area (Å²) >= 11 is 2.50. The molecule has 1 aliphatic carbocycles. The summed E-state index contributed by atoms with van der Waals surface area (Å²) in [5, 5.41) is 3.50. The van der Waals surface area contributed by atoms with Crippen LogP contribution in [0.1, 0.15) is 38.1 Å². The molecule has 0 unspecified atom stereocenters. The molecule has 132 valence electrons. The van der Waals surface area contributed by atoms with E-state index in [1.54, 1.807) is 4.90 Å². The van der Waals surface area contributed by atoms with Gasteiger partial charge in [-0.05, 0) is 49.8 Å². The van der Waals surface area contributed by atoms with Gasteiger partial charge in [-0.15, -0.1) is 0 Å². The minimum Gasteiger partial charge on any atom is -0.344 e. The average molecular weight is 451 g/mol. The quantitative estimate of drug-likeness (QED) is 0.561. The number of hydrogen-bond donors (Lipinski definition) is 1. The number of urea groups is 1. The number of imide groups is 1. The first kappa shape index (κ1) is 16.9. The highest BCUT2D eigenvalue weighted by molar-refractivity contribution is 14.1. The summed E-state index contributed by atoms with van der Waals surface area (Å²) < 4.78 is 3.64. The molecular formula is C19H22IN3O2. The van der Waals surface area contributed by atoms with Gasteiger partial charge in [0.1, 0.15) is 0 Å². The van der Waals surface area contributed by atoms with Crippen molar-refractivity contribution in [1.29, 1.82) is 0 Å². The SMILES string of the molecule is O=C1CCN(c2cccc3c2ccn3C2CCC(CI)CC2)C(=O)N1. The van der Waals surface area contributed by atoms with Gasteiger partial charge in [0, 0.05) is 35.0 Å². The molecule has 0 spiro atoms. The first-order valence-corrected chi connectivity index (χ1v) is 10.5. The monoisotopic (exact) mass is 451 g/mol. The van der Waals surface area contributed by atoms with Crippen LogP contribution in [0.2, 0.25) is 0 Å². The lowest BCUT2D eigenvalue weighted by Gasteiger charge is -2.30. The summed E-state index contributed by atoms with van der Waals surface area (Å²) in [5.41, 5.74) is 2.07. The number of fused-ring (bicyclic) bond motifs is 1. The lowest BCUT2D eigenvalue weighted by atomic mass is 9.87. The summed E-state index contributed by atoms with van der Waals surface area (Å²) in [6, 6.07) is 8.45. The van der Waals surface area contributed by atoms with Crippen LogP contribution in [0.15, 0.2) is 30.5 Å². The number of halogens is 1. The molecule has 0 bridgehead atoms. The van der Waals surface area contributed by atoms with Gasteiger partial charge in [0.15, 0.2) is 0 Å². The van der Waals surface area contributed by atoms with Gasteiger partial charge in [-0.3, -0.25) is 15.0 Å². The summed E-state index contributed by atoms with van der Waals surface area (Å²) in [5.74, 6) is 0.668. The fraction of sp³-hybridized carbons (Fsp3) is 0.474. The van der Waals surface area contributed by atoms with E-state index in [1.807, 2.05) is 12.1 Å². The molecule has 2 aromatic rings. The van der Waals surface area contributed by atoms with Crippen molar-refractivity contribution in [1.82, 2.24) is 9.88 Å². The second-order valence-corrected chi connectivity index (χ2v) is 7.90. The number of carbonyl (C=O) groups excluding carboxylic acids is 2. The zero-order valence-corrected chi connectivity index (χ0v) is 16.2. The van der Waals surface area contributed by atoms with E-state index in [0.29, 0.717) is 19.0 Å². The maximum Gasteiger partial charge on any atom is 0.328 e. The maximum absolute atomic E-state index is 12.2. The lowest BCUT2D eigenvalue weighted by Crippen LogP contribution is -2.49. The molecule has 1 aromatic carbocycles. The van der Waals surface area contributed by atoms with E-state index in [1.165, 1.54) is 35.6 Å². The third-order valence-corrected chi connectivity index (χ3v) is 6.76. The fourth-order valence-electron chi connectivity index (χ4n) is 4.10. The topological polar surface area (TPSA) is 54.3 Å². The average Bonchev–Trinajstić information content (AvgIpc) is 3.06. The highest BCUT2D eigenvalue weighted by Gasteiger charge is 2.27. The molecule has 6 heteroatoms. The number of amides is 3. The van der Waals surface area contributed by atoms with E-state index in [2.05, 4.69) is 50.8 Å². The van der Waals surface area contributed by atoms with Crippen LogP contribution in [0.4, 0.5) is 10.5 Å². The Morgan fingerprint density at radius 1 is 1.12 bits per heavy atom. The van der Waals surface area contributed by atoms with Crippen LogP contribution in [0.3, 0.4) is 0 Å². The van der Waals surface area contributed by atoms with Crippen molar-refractivity contribution in [3.8, 4) is 0 Å². The number of carbonyl (C=O) groups is 2. The third kappa shape index (κ3) is 3.16. The van der Waals surface area contributed by atoms with Crippen molar-refractivity contribution in [3.05, 3.63) is 30.5 Å². The Hall–Kier alpha value is -1.57. The molecule has 3 amide bonds. The summed E-state index contributed by atoms with van der Waals surface area (Å²) in [7, 11) is 0. The van der Waals surface area contributed by atoms with Gasteiger partial charge in [0.2, 0.25) is 5.91 Å². The Labute approximate surface area is 160 Å². The van der Waals surface area contributed by atoms with E-state index in [9.17, 15) is 9.59 Å². The summed E-state index contributed by atoms with van der Waals surface area (Å²) in [6.45, 7) is 0.440. The van der Waals surface area contributed by atoms with Gasteiger partial charge in [0.05, 0.1) is 11.2 Å². The Balaban J connectivity index is 1.65. The van der Waals surface area contributed by atoms with Gasteiger partial charge < -0.3 is 4.57 Å². The molecule has 1 N–H and O–H groups in total. The van der Waals surface area contributed by atoms with Crippen LogP contribution in [0.5, 0.6) is 0 Å². The van der Waals surface area contributed by atoms with Crippen molar-refractivity contribution in [2.24, 2.45) is 5.92 Å². The largest absolute Gasteiger partial charge is 0.344 e. The molecular weight excluding hydrogens is 429 g/mol. The molecule has 2 heterocycles. The van der Waals surface area contributed by atoms with E-state index in [4.69, 9.17) is 0 Å². The highest BCUT2D eigenvalue weighted by Crippen LogP contribution is 2.37. The molecule has 1 saturated carbocycles. The molecule has 0 radical (unpaired) electrons. The van der Waals surface area contributed by atoms with Gasteiger partial charge in [-0.1, -0.05) is 28.7 Å². The second kappa shape index (κ2) is 6.97. The molecule has 4 rings (SSSR count). The van der Waals surface area contributed by atoms with Crippen LogP contribution in [-0.4, -0.2) is 27.5 Å². The number of alkyl halides is 1. The standard InChI is InChI=1S/C19H22IN3O2/c20-12-13-4-6-14(7-5-13)22-10-8-15-16(22)2-1-3-17(15)23-11-9-18(24)21-19(23)25/h1-3,8,10,13-14H,4-7,9,11-12H2,(H,21,24,25). The van der Waals surface area contributed by atoms with Gasteiger partial charge in [-0.25, -0.2) is 4.79 Å². The van der Waals surface area contributed by atoms with Gasteiger partial charge in [-0.2, -0.15) is 0 Å². The van der Waals surface area contributed by atoms with E-state index < -0.39 is 0 Å². The smallest absolute Gasteiger partial charge is 0.328 e. The fourth-order valence-corrected chi connectivity index (χ4v) is 4.98. The Morgan fingerprint density at radius 3 is 2.64 bits per heavy atom. The highest BCUT2D eigenvalue weighted by atomic mass is 127. The number of aromatic nitrogens is 1. The van der Waals surface area contributed by atoms with Crippen molar-refractivity contribution in [2.75, 3.05) is 15.9 Å². The Kier molecular flexibility index (Phi) is 4.71. The molecule has 1 saturated heterocycles.